The third-order valence-electron chi connectivity index (χ3n) is 2.41. The summed E-state index contributed by atoms with van der Waals surface area (Å²) in [6.45, 7) is 6.29. The molecule has 14 heavy (non-hydrogen) atoms. The lowest BCUT2D eigenvalue weighted by atomic mass is 10.00. The Hall–Kier alpha value is -1.31. The highest BCUT2D eigenvalue weighted by Crippen LogP contribution is 2.23. The van der Waals surface area contributed by atoms with Crippen molar-refractivity contribution >= 4 is 12.1 Å². The lowest BCUT2D eigenvalue weighted by Gasteiger charge is -2.13. The number of carbonyl (C=O) groups is 1. The molecule has 0 aromatic heterocycles. The normalized spacial score (nSPS) is 9.93. The number of anilines is 1. The quantitative estimate of drug-likeness (QED) is 0.728. The summed E-state index contributed by atoms with van der Waals surface area (Å²) < 4.78 is 0. The first kappa shape index (κ1) is 10.8. The summed E-state index contributed by atoms with van der Waals surface area (Å²) in [6.07, 6.45) is 2.65. The molecule has 0 fully saturated rings. The minimum Gasteiger partial charge on any atom is -0.328 e. The van der Waals surface area contributed by atoms with Crippen LogP contribution in [-0.4, -0.2) is 6.41 Å². The zero-order chi connectivity index (χ0) is 10.6. The fourth-order valence-corrected chi connectivity index (χ4v) is 1.74. The van der Waals surface area contributed by atoms with Crippen molar-refractivity contribution in [3.63, 3.8) is 0 Å². The van der Waals surface area contributed by atoms with Gasteiger partial charge in [0.1, 0.15) is 0 Å². The first-order chi connectivity index (χ1) is 6.72. The molecule has 0 saturated heterocycles. The predicted molar refractivity (Wildman–Crippen MR) is 59.6 cm³/mol. The zero-order valence-corrected chi connectivity index (χ0v) is 9.05. The maximum absolute atomic E-state index is 10.5. The average Bonchev–Trinajstić information content (AvgIpc) is 2.20. The highest BCUT2D eigenvalue weighted by Gasteiger charge is 2.06. The summed E-state index contributed by atoms with van der Waals surface area (Å²) in [4.78, 5) is 10.5. The SMILES string of the molecule is CCc1cc(C)cc(CC)c1NC=O. The van der Waals surface area contributed by atoms with Gasteiger partial charge in [-0.05, 0) is 30.9 Å². The van der Waals surface area contributed by atoms with Crippen molar-refractivity contribution in [2.45, 2.75) is 33.6 Å². The van der Waals surface area contributed by atoms with Crippen molar-refractivity contribution in [1.82, 2.24) is 0 Å². The minimum atomic E-state index is 0.753. The molecule has 0 atom stereocenters. The molecule has 0 aliphatic rings. The summed E-state index contributed by atoms with van der Waals surface area (Å²) in [7, 11) is 0. The largest absolute Gasteiger partial charge is 0.328 e. The topological polar surface area (TPSA) is 29.1 Å². The van der Waals surface area contributed by atoms with Gasteiger partial charge in [0.05, 0.1) is 0 Å². The summed E-state index contributed by atoms with van der Waals surface area (Å²) in [5, 5.41) is 2.79. The maximum atomic E-state index is 10.5. The monoisotopic (exact) mass is 191 g/mol. The molecule has 0 aliphatic heterocycles. The molecule has 0 radical (unpaired) electrons. The molecule has 2 heteroatoms. The van der Waals surface area contributed by atoms with Crippen LogP contribution in [0.3, 0.4) is 0 Å². The molecule has 0 heterocycles. The Balaban J connectivity index is 3.24. The third-order valence-corrected chi connectivity index (χ3v) is 2.41. The van der Waals surface area contributed by atoms with Crippen LogP contribution in [0, 0.1) is 6.92 Å². The van der Waals surface area contributed by atoms with Crippen molar-refractivity contribution in [3.8, 4) is 0 Å². The van der Waals surface area contributed by atoms with Gasteiger partial charge in [0.2, 0.25) is 6.41 Å². The molecular formula is C12H17NO. The van der Waals surface area contributed by atoms with Gasteiger partial charge in [-0.15, -0.1) is 0 Å². The Morgan fingerprint density at radius 2 is 1.71 bits per heavy atom. The average molecular weight is 191 g/mol. The number of benzene rings is 1. The molecule has 0 unspecified atom stereocenters. The van der Waals surface area contributed by atoms with E-state index >= 15 is 0 Å². The van der Waals surface area contributed by atoms with Gasteiger partial charge in [0, 0.05) is 5.69 Å². The molecular weight excluding hydrogens is 174 g/mol. The van der Waals surface area contributed by atoms with Gasteiger partial charge < -0.3 is 5.32 Å². The van der Waals surface area contributed by atoms with Crippen molar-refractivity contribution < 1.29 is 4.79 Å². The molecule has 0 bridgehead atoms. The number of hydrogen-bond acceptors (Lipinski definition) is 1. The van der Waals surface area contributed by atoms with Crippen molar-refractivity contribution in [2.75, 3.05) is 5.32 Å². The van der Waals surface area contributed by atoms with E-state index in [4.69, 9.17) is 0 Å². The lowest BCUT2D eigenvalue weighted by Crippen LogP contribution is -2.03. The van der Waals surface area contributed by atoms with E-state index in [0.717, 1.165) is 24.9 Å². The molecule has 1 aromatic carbocycles. The summed E-state index contributed by atoms with van der Waals surface area (Å²) in [6, 6.07) is 4.26. The zero-order valence-electron chi connectivity index (χ0n) is 9.05. The van der Waals surface area contributed by atoms with Crippen molar-refractivity contribution in [2.24, 2.45) is 0 Å². The van der Waals surface area contributed by atoms with Gasteiger partial charge in [-0.1, -0.05) is 31.5 Å². The Morgan fingerprint density at radius 1 is 1.21 bits per heavy atom. The summed E-state index contributed by atoms with van der Waals surface area (Å²) in [5.74, 6) is 0. The number of hydrogen-bond donors (Lipinski definition) is 1. The van der Waals surface area contributed by atoms with E-state index in [0.29, 0.717) is 0 Å². The van der Waals surface area contributed by atoms with E-state index < -0.39 is 0 Å². The number of nitrogens with one attached hydrogen (secondary N) is 1. The molecule has 0 aliphatic carbocycles. The van der Waals surface area contributed by atoms with Crippen LogP contribution in [0.1, 0.15) is 30.5 Å². The van der Waals surface area contributed by atoms with Crippen LogP contribution in [0.2, 0.25) is 0 Å². The van der Waals surface area contributed by atoms with Gasteiger partial charge in [0.25, 0.3) is 0 Å². The van der Waals surface area contributed by atoms with E-state index in [-0.39, 0.29) is 0 Å². The van der Waals surface area contributed by atoms with Gasteiger partial charge in [-0.2, -0.15) is 0 Å². The summed E-state index contributed by atoms with van der Waals surface area (Å²) in [5.41, 5.74) is 4.69. The van der Waals surface area contributed by atoms with Crippen LogP contribution >= 0.6 is 0 Å². The lowest BCUT2D eigenvalue weighted by molar-refractivity contribution is -0.105. The highest BCUT2D eigenvalue weighted by molar-refractivity contribution is 5.76. The Labute approximate surface area is 85.3 Å². The Bertz CT molecular complexity index is 306. The van der Waals surface area contributed by atoms with Crippen LogP contribution in [0.4, 0.5) is 5.69 Å². The van der Waals surface area contributed by atoms with E-state index in [1.54, 1.807) is 0 Å². The van der Waals surface area contributed by atoms with Crippen molar-refractivity contribution in [3.05, 3.63) is 28.8 Å². The Kier molecular flexibility index (Phi) is 3.69. The maximum Gasteiger partial charge on any atom is 0.211 e. The predicted octanol–water partition coefficient (Wildman–Crippen LogP) is 2.69. The standard InChI is InChI=1S/C12H17NO/c1-4-10-6-9(3)7-11(5-2)12(10)13-8-14/h6-8H,4-5H2,1-3H3,(H,13,14). The minimum absolute atomic E-state index is 0.753. The van der Waals surface area contributed by atoms with Gasteiger partial charge >= 0.3 is 0 Å². The van der Waals surface area contributed by atoms with Crippen LogP contribution in [0.5, 0.6) is 0 Å². The van der Waals surface area contributed by atoms with Crippen LogP contribution in [0.25, 0.3) is 0 Å². The van der Waals surface area contributed by atoms with E-state index in [2.05, 4.69) is 38.2 Å². The molecule has 1 amide bonds. The molecule has 1 rings (SSSR count). The number of amides is 1. The fraction of sp³-hybridized carbons (Fsp3) is 0.417. The number of aryl methyl sites for hydroxylation is 3. The highest BCUT2D eigenvalue weighted by atomic mass is 16.1. The van der Waals surface area contributed by atoms with Crippen LogP contribution in [0.15, 0.2) is 12.1 Å². The molecule has 2 nitrogen and oxygen atoms in total. The fourth-order valence-electron chi connectivity index (χ4n) is 1.74. The van der Waals surface area contributed by atoms with Gasteiger partial charge in [0.15, 0.2) is 0 Å². The molecule has 0 saturated carbocycles. The second-order valence-corrected chi connectivity index (χ2v) is 3.43. The first-order valence-electron chi connectivity index (χ1n) is 5.05. The number of rotatable bonds is 4. The van der Waals surface area contributed by atoms with Gasteiger partial charge in [-0.3, -0.25) is 4.79 Å². The van der Waals surface area contributed by atoms with Crippen molar-refractivity contribution in [1.29, 1.82) is 0 Å². The van der Waals surface area contributed by atoms with Crippen LogP contribution < -0.4 is 5.32 Å². The first-order valence-corrected chi connectivity index (χ1v) is 5.05. The van der Waals surface area contributed by atoms with E-state index in [1.807, 2.05) is 0 Å². The molecule has 0 spiro atoms. The van der Waals surface area contributed by atoms with Crippen LogP contribution in [-0.2, 0) is 17.6 Å². The van der Waals surface area contributed by atoms with Gasteiger partial charge in [-0.25, -0.2) is 0 Å². The van der Waals surface area contributed by atoms with E-state index in [9.17, 15) is 4.79 Å². The number of carbonyl (C=O) groups excluding carboxylic acids is 1. The third kappa shape index (κ3) is 2.13. The molecule has 1 aromatic rings. The molecule has 76 valence electrons. The smallest absolute Gasteiger partial charge is 0.211 e. The Morgan fingerprint density at radius 3 is 2.07 bits per heavy atom. The van der Waals surface area contributed by atoms with E-state index in [1.165, 1.54) is 16.7 Å². The molecule has 1 N–H and O–H groups in total. The summed E-state index contributed by atoms with van der Waals surface area (Å²) >= 11 is 0. The second kappa shape index (κ2) is 4.80. The second-order valence-electron chi connectivity index (χ2n) is 3.43.